The molecule has 0 amide bonds. The predicted molar refractivity (Wildman–Crippen MR) is 76.9 cm³/mol. The van der Waals surface area contributed by atoms with Crippen molar-refractivity contribution in [2.45, 2.75) is 33.9 Å². The van der Waals surface area contributed by atoms with Crippen LogP contribution in [0.15, 0.2) is 24.0 Å². The van der Waals surface area contributed by atoms with Crippen LogP contribution in [-0.4, -0.2) is 16.1 Å². The molecule has 0 unspecified atom stereocenters. The summed E-state index contributed by atoms with van der Waals surface area (Å²) in [5.74, 6) is 0.681. The maximum atomic E-state index is 4.43. The van der Waals surface area contributed by atoms with Crippen molar-refractivity contribution in [2.75, 3.05) is 6.54 Å². The van der Waals surface area contributed by atoms with E-state index in [-0.39, 0.29) is 0 Å². The molecule has 1 N–H and O–H groups in total. The number of thiophene rings is 1. The quantitative estimate of drug-likeness (QED) is 0.868. The van der Waals surface area contributed by atoms with E-state index < -0.39 is 0 Å². The number of imidazole rings is 1. The summed E-state index contributed by atoms with van der Waals surface area (Å²) in [6, 6.07) is 2.17. The Balaban J connectivity index is 1.88. The standard InChI is InChI=1S/C14H21N3S/c1-11(2)6-15-7-13-8-17(10-16-13)9-14-12(3)4-5-18-14/h4-5,8,10-11,15H,6-7,9H2,1-3H3. The molecule has 2 rings (SSSR count). The normalized spacial score (nSPS) is 11.3. The molecule has 0 aliphatic rings. The molecule has 0 aliphatic heterocycles. The van der Waals surface area contributed by atoms with E-state index in [1.807, 2.05) is 17.7 Å². The minimum atomic E-state index is 0.681. The third kappa shape index (κ3) is 3.68. The van der Waals surface area contributed by atoms with E-state index in [2.05, 4.69) is 53.3 Å². The van der Waals surface area contributed by atoms with E-state index in [4.69, 9.17) is 0 Å². The van der Waals surface area contributed by atoms with Gasteiger partial charge in [0.1, 0.15) is 0 Å². The number of rotatable bonds is 6. The number of nitrogens with zero attached hydrogens (tertiary/aromatic N) is 2. The van der Waals surface area contributed by atoms with Crippen molar-refractivity contribution < 1.29 is 0 Å². The summed E-state index contributed by atoms with van der Waals surface area (Å²) in [5.41, 5.74) is 2.48. The fourth-order valence-corrected chi connectivity index (χ4v) is 2.72. The third-order valence-electron chi connectivity index (χ3n) is 2.84. The van der Waals surface area contributed by atoms with E-state index in [1.165, 1.54) is 10.4 Å². The SMILES string of the molecule is Cc1ccsc1Cn1cnc(CNCC(C)C)c1. The average Bonchev–Trinajstić information content (AvgIpc) is 2.90. The molecule has 0 radical (unpaired) electrons. The first-order valence-electron chi connectivity index (χ1n) is 6.39. The highest BCUT2D eigenvalue weighted by molar-refractivity contribution is 7.10. The fourth-order valence-electron chi connectivity index (χ4n) is 1.80. The lowest BCUT2D eigenvalue weighted by Gasteiger charge is -2.05. The molecule has 3 nitrogen and oxygen atoms in total. The second-order valence-corrected chi connectivity index (χ2v) is 6.09. The van der Waals surface area contributed by atoms with Gasteiger partial charge in [0, 0.05) is 17.6 Å². The molecule has 2 heterocycles. The highest BCUT2D eigenvalue weighted by Gasteiger charge is 2.03. The number of hydrogen-bond donors (Lipinski definition) is 1. The van der Waals surface area contributed by atoms with E-state index in [9.17, 15) is 0 Å². The van der Waals surface area contributed by atoms with Crippen LogP contribution >= 0.6 is 11.3 Å². The van der Waals surface area contributed by atoms with E-state index in [1.54, 1.807) is 0 Å². The molecule has 0 bridgehead atoms. The number of aryl methyl sites for hydroxylation is 1. The Morgan fingerprint density at radius 2 is 2.28 bits per heavy atom. The van der Waals surface area contributed by atoms with Crippen molar-refractivity contribution in [3.63, 3.8) is 0 Å². The topological polar surface area (TPSA) is 29.9 Å². The average molecular weight is 263 g/mol. The lowest BCUT2D eigenvalue weighted by molar-refractivity contribution is 0.548. The number of nitrogens with one attached hydrogen (secondary N) is 1. The Morgan fingerprint density at radius 3 is 2.94 bits per heavy atom. The van der Waals surface area contributed by atoms with Crippen molar-refractivity contribution in [2.24, 2.45) is 5.92 Å². The zero-order chi connectivity index (χ0) is 13.0. The minimum Gasteiger partial charge on any atom is -0.332 e. The molecule has 4 heteroatoms. The van der Waals surface area contributed by atoms with Crippen molar-refractivity contribution >= 4 is 11.3 Å². The molecule has 0 aliphatic carbocycles. The van der Waals surface area contributed by atoms with Gasteiger partial charge in [-0.1, -0.05) is 13.8 Å². The molecule has 0 fully saturated rings. The van der Waals surface area contributed by atoms with Gasteiger partial charge in [-0.05, 0) is 36.4 Å². The summed E-state index contributed by atoms with van der Waals surface area (Å²) in [6.45, 7) is 9.41. The van der Waals surface area contributed by atoms with Crippen LogP contribution in [0.25, 0.3) is 0 Å². The van der Waals surface area contributed by atoms with Crippen LogP contribution in [0.5, 0.6) is 0 Å². The van der Waals surface area contributed by atoms with Gasteiger partial charge in [-0.15, -0.1) is 11.3 Å². The van der Waals surface area contributed by atoms with Gasteiger partial charge >= 0.3 is 0 Å². The van der Waals surface area contributed by atoms with Crippen molar-refractivity contribution in [3.05, 3.63) is 40.1 Å². The van der Waals surface area contributed by atoms with Crippen molar-refractivity contribution in [1.29, 1.82) is 0 Å². The van der Waals surface area contributed by atoms with Crippen LogP contribution in [0.1, 0.15) is 30.0 Å². The van der Waals surface area contributed by atoms with Crippen LogP contribution in [0, 0.1) is 12.8 Å². The van der Waals surface area contributed by atoms with Gasteiger partial charge in [0.05, 0.1) is 18.6 Å². The van der Waals surface area contributed by atoms with E-state index in [0.717, 1.165) is 25.3 Å². The highest BCUT2D eigenvalue weighted by atomic mass is 32.1. The fraction of sp³-hybridized carbons (Fsp3) is 0.500. The second-order valence-electron chi connectivity index (χ2n) is 5.09. The summed E-state index contributed by atoms with van der Waals surface area (Å²) < 4.78 is 2.16. The molecule has 2 aromatic heterocycles. The molecule has 98 valence electrons. The molecule has 2 aromatic rings. The predicted octanol–water partition coefficient (Wildman–Crippen LogP) is 3.05. The lowest BCUT2D eigenvalue weighted by Crippen LogP contribution is -2.19. The first-order chi connectivity index (χ1) is 8.65. The number of hydrogen-bond acceptors (Lipinski definition) is 3. The Hall–Kier alpha value is -1.13. The molecule has 18 heavy (non-hydrogen) atoms. The van der Waals surface area contributed by atoms with Crippen LogP contribution in [0.3, 0.4) is 0 Å². The van der Waals surface area contributed by atoms with Crippen molar-refractivity contribution in [3.8, 4) is 0 Å². The molecule has 0 aromatic carbocycles. The first kappa shape index (κ1) is 13.3. The van der Waals surface area contributed by atoms with Crippen LogP contribution in [-0.2, 0) is 13.1 Å². The second kappa shape index (κ2) is 6.16. The van der Waals surface area contributed by atoms with Gasteiger partial charge in [0.15, 0.2) is 0 Å². The highest BCUT2D eigenvalue weighted by Crippen LogP contribution is 2.16. The summed E-state index contributed by atoms with van der Waals surface area (Å²) in [4.78, 5) is 5.84. The van der Waals surface area contributed by atoms with Crippen molar-refractivity contribution in [1.82, 2.24) is 14.9 Å². The zero-order valence-corrected chi connectivity index (χ0v) is 12.1. The van der Waals surface area contributed by atoms with Gasteiger partial charge in [-0.2, -0.15) is 0 Å². The maximum Gasteiger partial charge on any atom is 0.0953 e. The molecule has 0 atom stereocenters. The zero-order valence-electron chi connectivity index (χ0n) is 11.3. The smallest absolute Gasteiger partial charge is 0.0953 e. The minimum absolute atomic E-state index is 0.681. The van der Waals surface area contributed by atoms with Gasteiger partial charge in [0.2, 0.25) is 0 Å². The Bertz CT molecular complexity index is 485. The van der Waals surface area contributed by atoms with Gasteiger partial charge in [-0.25, -0.2) is 4.98 Å². The van der Waals surface area contributed by atoms with Crippen LogP contribution in [0.4, 0.5) is 0 Å². The molecule has 0 saturated carbocycles. The Morgan fingerprint density at radius 1 is 1.44 bits per heavy atom. The van der Waals surface area contributed by atoms with Gasteiger partial charge < -0.3 is 9.88 Å². The molecule has 0 saturated heterocycles. The lowest BCUT2D eigenvalue weighted by atomic mass is 10.2. The first-order valence-corrected chi connectivity index (χ1v) is 7.27. The van der Waals surface area contributed by atoms with E-state index >= 15 is 0 Å². The Labute approximate surface area is 113 Å². The summed E-state index contributed by atoms with van der Waals surface area (Å²) >= 11 is 1.81. The van der Waals surface area contributed by atoms with Crippen LogP contribution < -0.4 is 5.32 Å². The van der Waals surface area contributed by atoms with Gasteiger partial charge in [-0.3, -0.25) is 0 Å². The third-order valence-corrected chi connectivity index (χ3v) is 3.85. The molecular formula is C14H21N3S. The largest absolute Gasteiger partial charge is 0.332 e. The monoisotopic (exact) mass is 263 g/mol. The van der Waals surface area contributed by atoms with E-state index in [0.29, 0.717) is 5.92 Å². The molecule has 0 spiro atoms. The summed E-state index contributed by atoms with van der Waals surface area (Å²) in [7, 11) is 0. The summed E-state index contributed by atoms with van der Waals surface area (Å²) in [5, 5.41) is 5.56. The summed E-state index contributed by atoms with van der Waals surface area (Å²) in [6.07, 6.45) is 4.05. The molecular weight excluding hydrogens is 242 g/mol. The van der Waals surface area contributed by atoms with Crippen LogP contribution in [0.2, 0.25) is 0 Å². The number of aromatic nitrogens is 2. The maximum absolute atomic E-state index is 4.43. The Kier molecular flexibility index (Phi) is 4.55. The van der Waals surface area contributed by atoms with Gasteiger partial charge in [0.25, 0.3) is 0 Å².